The van der Waals surface area contributed by atoms with Gasteiger partial charge in [-0.2, -0.15) is 0 Å². The summed E-state index contributed by atoms with van der Waals surface area (Å²) in [5.41, 5.74) is 5.27. The molecule has 0 spiro atoms. The number of rotatable bonds is 6. The molecule has 1 N–H and O–H groups in total. The van der Waals surface area contributed by atoms with Crippen molar-refractivity contribution in [3.63, 3.8) is 0 Å². The zero-order valence-corrected chi connectivity index (χ0v) is 15.3. The molecule has 5 nitrogen and oxygen atoms in total. The third-order valence-electron chi connectivity index (χ3n) is 4.24. The Morgan fingerprint density at radius 1 is 1.12 bits per heavy atom. The van der Waals surface area contributed by atoms with Gasteiger partial charge in [0, 0.05) is 18.2 Å². The average molecular weight is 349 g/mol. The number of nitrogens with one attached hydrogen (secondary N) is 1. The zero-order valence-electron chi connectivity index (χ0n) is 15.3. The molecule has 3 rings (SSSR count). The third-order valence-corrected chi connectivity index (χ3v) is 4.24. The summed E-state index contributed by atoms with van der Waals surface area (Å²) in [5, 5.41) is 6.79. The van der Waals surface area contributed by atoms with Crippen molar-refractivity contribution in [3.05, 3.63) is 71.3 Å². The maximum absolute atomic E-state index is 12.2. The second-order valence-corrected chi connectivity index (χ2v) is 6.59. The molecule has 3 aromatic rings. The lowest BCUT2D eigenvalue weighted by Crippen LogP contribution is -2.29. The summed E-state index contributed by atoms with van der Waals surface area (Å²) in [6.07, 6.45) is 0. The topological polar surface area (TPSA) is 58.4 Å². The Labute approximate surface area is 153 Å². The van der Waals surface area contributed by atoms with E-state index < -0.39 is 0 Å². The second-order valence-electron chi connectivity index (χ2n) is 6.59. The molecule has 0 unspecified atom stereocenters. The normalized spacial score (nSPS) is 10.9. The summed E-state index contributed by atoms with van der Waals surface area (Å²) in [5.74, 6) is 0.225. The first-order valence-electron chi connectivity index (χ1n) is 8.58. The van der Waals surface area contributed by atoms with Crippen molar-refractivity contribution in [3.8, 4) is 11.3 Å². The van der Waals surface area contributed by atoms with Gasteiger partial charge in [0.1, 0.15) is 5.69 Å². The Morgan fingerprint density at radius 3 is 2.58 bits per heavy atom. The van der Waals surface area contributed by atoms with Crippen LogP contribution in [0, 0.1) is 13.8 Å². The molecule has 0 aliphatic heterocycles. The van der Waals surface area contributed by atoms with Gasteiger partial charge in [0.25, 0.3) is 0 Å². The SMILES string of the molecule is Cc1ccc(-c2cc(NC(=O)CN(C)Cc3ccccc3C)on2)cc1. The van der Waals surface area contributed by atoms with Crippen molar-refractivity contribution in [2.45, 2.75) is 20.4 Å². The van der Waals surface area contributed by atoms with Crippen LogP contribution in [0.25, 0.3) is 11.3 Å². The summed E-state index contributed by atoms with van der Waals surface area (Å²) < 4.78 is 5.24. The first-order valence-corrected chi connectivity index (χ1v) is 8.58. The number of benzene rings is 2. The smallest absolute Gasteiger partial charge is 0.240 e. The first-order chi connectivity index (χ1) is 12.5. The second kappa shape index (κ2) is 7.97. The lowest BCUT2D eigenvalue weighted by molar-refractivity contribution is -0.117. The van der Waals surface area contributed by atoms with Gasteiger partial charge in [-0.05, 0) is 32.0 Å². The fraction of sp³-hybridized carbons (Fsp3) is 0.238. The van der Waals surface area contributed by atoms with E-state index >= 15 is 0 Å². The Hall–Kier alpha value is -2.92. The molecule has 0 saturated heterocycles. The largest absolute Gasteiger partial charge is 0.338 e. The Balaban J connectivity index is 1.56. The molecule has 0 saturated carbocycles. The van der Waals surface area contributed by atoms with Gasteiger partial charge in [-0.25, -0.2) is 0 Å². The maximum Gasteiger partial charge on any atom is 0.240 e. The Morgan fingerprint density at radius 2 is 1.85 bits per heavy atom. The molecule has 1 amide bonds. The molecule has 5 heteroatoms. The number of anilines is 1. The minimum absolute atomic E-state index is 0.132. The minimum atomic E-state index is -0.132. The van der Waals surface area contributed by atoms with Crippen LogP contribution >= 0.6 is 0 Å². The highest BCUT2D eigenvalue weighted by Crippen LogP contribution is 2.22. The summed E-state index contributed by atoms with van der Waals surface area (Å²) in [7, 11) is 1.92. The molecule has 0 aliphatic carbocycles. The van der Waals surface area contributed by atoms with Crippen LogP contribution in [0.15, 0.2) is 59.1 Å². The number of aromatic nitrogens is 1. The van der Waals surface area contributed by atoms with Crippen LogP contribution < -0.4 is 5.32 Å². The van der Waals surface area contributed by atoms with Gasteiger partial charge in [-0.15, -0.1) is 0 Å². The predicted octanol–water partition coefficient (Wildman–Crippen LogP) is 4.03. The van der Waals surface area contributed by atoms with Crippen molar-refractivity contribution in [2.75, 3.05) is 18.9 Å². The molecule has 26 heavy (non-hydrogen) atoms. The van der Waals surface area contributed by atoms with Gasteiger partial charge < -0.3 is 4.52 Å². The van der Waals surface area contributed by atoms with Crippen molar-refractivity contribution < 1.29 is 9.32 Å². The number of amides is 1. The standard InChI is InChI=1S/C21H23N3O2/c1-15-8-10-17(11-9-15)19-12-21(26-23-19)22-20(25)14-24(3)13-18-7-5-4-6-16(18)2/h4-12H,13-14H2,1-3H3,(H,22,25). The summed E-state index contributed by atoms with van der Waals surface area (Å²) in [6, 6.07) is 17.9. The number of carbonyl (C=O) groups is 1. The van der Waals surface area contributed by atoms with Crippen LogP contribution in [-0.4, -0.2) is 29.6 Å². The van der Waals surface area contributed by atoms with Gasteiger partial charge in [0.2, 0.25) is 11.8 Å². The average Bonchev–Trinajstić information content (AvgIpc) is 3.05. The number of hydrogen-bond acceptors (Lipinski definition) is 4. The maximum atomic E-state index is 12.2. The van der Waals surface area contributed by atoms with Gasteiger partial charge in [0.05, 0.1) is 6.54 Å². The van der Waals surface area contributed by atoms with Gasteiger partial charge >= 0.3 is 0 Å². The molecule has 0 fully saturated rings. The van der Waals surface area contributed by atoms with E-state index in [1.165, 1.54) is 16.7 Å². The van der Waals surface area contributed by atoms with Crippen molar-refractivity contribution >= 4 is 11.8 Å². The number of carbonyl (C=O) groups excluding carboxylic acids is 1. The highest BCUT2D eigenvalue weighted by atomic mass is 16.5. The van der Waals surface area contributed by atoms with Crippen LogP contribution in [0.2, 0.25) is 0 Å². The molecule has 2 aromatic carbocycles. The van der Waals surface area contributed by atoms with E-state index in [0.717, 1.165) is 5.56 Å². The van der Waals surface area contributed by atoms with Crippen molar-refractivity contribution in [1.82, 2.24) is 10.1 Å². The van der Waals surface area contributed by atoms with Crippen molar-refractivity contribution in [1.29, 1.82) is 0 Å². The van der Waals surface area contributed by atoms with E-state index in [2.05, 4.69) is 29.5 Å². The number of hydrogen-bond donors (Lipinski definition) is 1. The van der Waals surface area contributed by atoms with Crippen LogP contribution in [0.3, 0.4) is 0 Å². The molecule has 0 aliphatic rings. The Kier molecular flexibility index (Phi) is 5.49. The van der Waals surface area contributed by atoms with Crippen LogP contribution in [0.1, 0.15) is 16.7 Å². The highest BCUT2D eigenvalue weighted by molar-refractivity contribution is 5.91. The van der Waals surface area contributed by atoms with Gasteiger partial charge in [-0.1, -0.05) is 59.3 Å². The first kappa shape index (κ1) is 17.9. The summed E-state index contributed by atoms with van der Waals surface area (Å²) >= 11 is 0. The van der Waals surface area contributed by atoms with Crippen molar-refractivity contribution in [2.24, 2.45) is 0 Å². The van der Waals surface area contributed by atoms with Crippen LogP contribution in [0.5, 0.6) is 0 Å². The monoisotopic (exact) mass is 349 g/mol. The lowest BCUT2D eigenvalue weighted by atomic mass is 10.1. The van der Waals surface area contributed by atoms with E-state index in [1.807, 2.05) is 55.3 Å². The minimum Gasteiger partial charge on any atom is -0.338 e. The quantitative estimate of drug-likeness (QED) is 0.730. The Bertz CT molecular complexity index is 884. The van der Waals surface area contributed by atoms with Gasteiger partial charge in [0.15, 0.2) is 0 Å². The van der Waals surface area contributed by atoms with Crippen LogP contribution in [0.4, 0.5) is 5.88 Å². The number of aryl methyl sites for hydroxylation is 2. The molecular weight excluding hydrogens is 326 g/mol. The zero-order chi connectivity index (χ0) is 18.5. The molecule has 0 radical (unpaired) electrons. The van der Waals surface area contributed by atoms with E-state index in [0.29, 0.717) is 18.1 Å². The van der Waals surface area contributed by atoms with E-state index in [1.54, 1.807) is 6.07 Å². The predicted molar refractivity (Wildman–Crippen MR) is 103 cm³/mol. The molecule has 1 aromatic heterocycles. The third kappa shape index (κ3) is 4.58. The fourth-order valence-electron chi connectivity index (χ4n) is 2.75. The van der Waals surface area contributed by atoms with Crippen LogP contribution in [-0.2, 0) is 11.3 Å². The molecule has 134 valence electrons. The number of nitrogens with zero attached hydrogens (tertiary/aromatic N) is 2. The van der Waals surface area contributed by atoms with E-state index in [9.17, 15) is 4.79 Å². The highest BCUT2D eigenvalue weighted by Gasteiger charge is 2.12. The summed E-state index contributed by atoms with van der Waals surface area (Å²) in [6.45, 7) is 5.09. The van der Waals surface area contributed by atoms with Gasteiger partial charge in [-0.3, -0.25) is 15.0 Å². The summed E-state index contributed by atoms with van der Waals surface area (Å²) in [4.78, 5) is 14.2. The number of likely N-dealkylation sites (N-methyl/N-ethyl adjacent to an activating group) is 1. The molecule has 0 bridgehead atoms. The fourth-order valence-corrected chi connectivity index (χ4v) is 2.75. The van der Waals surface area contributed by atoms with E-state index in [4.69, 9.17) is 4.52 Å². The molecule has 0 atom stereocenters. The lowest BCUT2D eigenvalue weighted by Gasteiger charge is -2.17. The van der Waals surface area contributed by atoms with E-state index in [-0.39, 0.29) is 12.5 Å². The molecule has 1 heterocycles. The molecular formula is C21H23N3O2.